The zero-order chi connectivity index (χ0) is 7.98. The van der Waals surface area contributed by atoms with Gasteiger partial charge in [0.2, 0.25) is 0 Å². The molecule has 0 aliphatic carbocycles. The van der Waals surface area contributed by atoms with Gasteiger partial charge in [-0.15, -0.1) is 0 Å². The molecule has 0 amide bonds. The van der Waals surface area contributed by atoms with Crippen molar-refractivity contribution in [3.05, 3.63) is 0 Å². The molecule has 0 aliphatic rings. The van der Waals surface area contributed by atoms with Gasteiger partial charge in [-0.05, 0) is 0 Å². The van der Waals surface area contributed by atoms with E-state index >= 15 is 0 Å². The van der Waals surface area contributed by atoms with Crippen molar-refractivity contribution in [2.75, 3.05) is 12.0 Å². The van der Waals surface area contributed by atoms with E-state index in [-0.39, 0.29) is 5.97 Å². The first kappa shape index (κ1) is 10.5. The van der Waals surface area contributed by atoms with Crippen LogP contribution in [0.5, 0.6) is 0 Å². The van der Waals surface area contributed by atoms with E-state index in [2.05, 4.69) is 3.39 Å². The van der Waals surface area contributed by atoms with Gasteiger partial charge in [0.25, 0.3) is 0 Å². The van der Waals surface area contributed by atoms with Gasteiger partial charge >= 0.3 is 76.3 Å². The molecule has 0 fully saturated rings. The average Bonchev–Trinajstić information content (AvgIpc) is 1.98. The number of carbonyl (C=O) groups excluding carboxylic acids is 1. The van der Waals surface area contributed by atoms with Gasteiger partial charge in [-0.25, -0.2) is 0 Å². The number of hydrogen-bond acceptors (Lipinski definition) is 4. The van der Waals surface area contributed by atoms with Crippen LogP contribution in [0.3, 0.4) is 0 Å². The number of carbonyl (C=O) groups is 1. The SMILES string of the molecule is CSCC[C@H](N)C(=O)[O][Mo]. The van der Waals surface area contributed by atoms with Crippen molar-refractivity contribution in [3.8, 4) is 0 Å². The van der Waals surface area contributed by atoms with Crippen LogP contribution in [0.2, 0.25) is 0 Å². The van der Waals surface area contributed by atoms with Gasteiger partial charge in [0.1, 0.15) is 0 Å². The Kier molecular flexibility index (Phi) is 6.49. The van der Waals surface area contributed by atoms with Crippen LogP contribution in [-0.2, 0) is 28.4 Å². The molecule has 3 nitrogen and oxygen atoms in total. The van der Waals surface area contributed by atoms with Crippen molar-refractivity contribution in [3.63, 3.8) is 0 Å². The summed E-state index contributed by atoms with van der Waals surface area (Å²) >= 11 is 2.95. The molecule has 5 heteroatoms. The first-order valence-corrected chi connectivity index (χ1v) is 5.02. The molecular weight excluding hydrogens is 234 g/mol. The number of thioether (sulfide) groups is 1. The van der Waals surface area contributed by atoms with Crippen LogP contribution < -0.4 is 5.73 Å². The van der Waals surface area contributed by atoms with Crippen LogP contribution in [0.1, 0.15) is 6.42 Å². The number of nitrogens with two attached hydrogens (primary N) is 1. The van der Waals surface area contributed by atoms with Crippen molar-refractivity contribution in [2.45, 2.75) is 12.5 Å². The molecule has 1 atom stereocenters. The summed E-state index contributed by atoms with van der Waals surface area (Å²) in [4.78, 5) is 10.7. The van der Waals surface area contributed by atoms with E-state index in [1.165, 1.54) is 20.2 Å². The summed E-state index contributed by atoms with van der Waals surface area (Å²) in [6, 6.07) is -0.444. The first-order valence-electron chi connectivity index (χ1n) is 2.80. The quantitative estimate of drug-likeness (QED) is 0.711. The van der Waals surface area contributed by atoms with Crippen LogP contribution in [0, 0.1) is 0 Å². The fourth-order valence-corrected chi connectivity index (χ4v) is 1.22. The standard InChI is InChI=1S/C5H11NO2S.Mo/c1-9-3-2-4(6)5(7)8;/h4H,2-3,6H2,1H3,(H,7,8);/q;+1/p-1/t4-;/m0./s1. The maximum absolute atomic E-state index is 10.7. The number of hydrogen-bond donors (Lipinski definition) is 1. The Bertz CT molecular complexity index is 112. The Morgan fingerprint density at radius 2 is 2.50 bits per heavy atom. The van der Waals surface area contributed by atoms with E-state index in [1.807, 2.05) is 6.26 Å². The van der Waals surface area contributed by atoms with Crippen LogP contribution in [-0.4, -0.2) is 24.0 Å². The Labute approximate surface area is 76.4 Å². The van der Waals surface area contributed by atoms with E-state index in [9.17, 15) is 4.79 Å². The molecule has 0 unspecified atom stereocenters. The molecule has 59 valence electrons. The van der Waals surface area contributed by atoms with Gasteiger partial charge in [0.15, 0.2) is 0 Å². The Morgan fingerprint density at radius 3 is 2.90 bits per heavy atom. The second kappa shape index (κ2) is 6.20. The average molecular weight is 244 g/mol. The van der Waals surface area contributed by atoms with Crippen molar-refractivity contribution in [1.82, 2.24) is 0 Å². The third-order valence-corrected chi connectivity index (χ3v) is 2.07. The van der Waals surface area contributed by atoms with Crippen molar-refractivity contribution in [2.24, 2.45) is 5.73 Å². The molecule has 0 spiro atoms. The fraction of sp³-hybridized carbons (Fsp3) is 0.800. The van der Waals surface area contributed by atoms with Crippen LogP contribution >= 0.6 is 11.8 Å². The minimum absolute atomic E-state index is 0.321. The molecule has 10 heavy (non-hydrogen) atoms. The van der Waals surface area contributed by atoms with Gasteiger partial charge in [-0.2, -0.15) is 0 Å². The Hall–Kier alpha value is 0.468. The second-order valence-electron chi connectivity index (χ2n) is 1.79. The molecule has 0 saturated carbocycles. The summed E-state index contributed by atoms with van der Waals surface area (Å²) in [5, 5.41) is 0. The van der Waals surface area contributed by atoms with Gasteiger partial charge in [0, 0.05) is 0 Å². The van der Waals surface area contributed by atoms with Gasteiger partial charge < -0.3 is 0 Å². The van der Waals surface area contributed by atoms with E-state index in [4.69, 9.17) is 5.73 Å². The second-order valence-corrected chi connectivity index (χ2v) is 3.19. The zero-order valence-corrected chi connectivity index (χ0v) is 8.53. The molecule has 0 heterocycles. The summed E-state index contributed by atoms with van der Waals surface area (Å²) < 4.78 is 4.45. The summed E-state index contributed by atoms with van der Waals surface area (Å²) in [6.45, 7) is 0. The van der Waals surface area contributed by atoms with E-state index < -0.39 is 6.04 Å². The minimum atomic E-state index is -0.444. The molecule has 0 aromatic carbocycles. The summed E-state index contributed by atoms with van der Waals surface area (Å²) in [6.07, 6.45) is 2.67. The molecule has 0 radical (unpaired) electrons. The van der Waals surface area contributed by atoms with E-state index in [1.54, 1.807) is 11.8 Å². The van der Waals surface area contributed by atoms with E-state index in [0.29, 0.717) is 6.42 Å². The predicted molar refractivity (Wildman–Crippen MR) is 37.1 cm³/mol. The molecule has 0 saturated heterocycles. The topological polar surface area (TPSA) is 52.3 Å². The number of rotatable bonds is 4. The van der Waals surface area contributed by atoms with Crippen LogP contribution in [0.25, 0.3) is 0 Å². The molecule has 0 rings (SSSR count). The molecule has 0 aliphatic heterocycles. The van der Waals surface area contributed by atoms with Crippen LogP contribution in [0.15, 0.2) is 0 Å². The third-order valence-electron chi connectivity index (χ3n) is 1.02. The normalized spacial score (nSPS) is 12.6. The first-order chi connectivity index (χ1) is 4.72. The third kappa shape index (κ3) is 4.31. The molecular formula is C5H10MoNO2S. The Balaban J connectivity index is 3.41. The predicted octanol–water partition coefficient (Wildman–Crippen LogP) is 0.0718. The molecule has 2 N–H and O–H groups in total. The van der Waals surface area contributed by atoms with Gasteiger partial charge in [-0.1, -0.05) is 0 Å². The fourth-order valence-electron chi connectivity index (χ4n) is 0.424. The van der Waals surface area contributed by atoms with Crippen molar-refractivity contribution >= 4 is 17.7 Å². The monoisotopic (exact) mass is 246 g/mol. The molecule has 0 aromatic heterocycles. The van der Waals surface area contributed by atoms with Crippen molar-refractivity contribution < 1.29 is 28.4 Å². The van der Waals surface area contributed by atoms with E-state index in [0.717, 1.165) is 5.75 Å². The van der Waals surface area contributed by atoms with Gasteiger partial charge in [-0.3, -0.25) is 0 Å². The summed E-state index contributed by atoms with van der Waals surface area (Å²) in [7, 11) is 0. The van der Waals surface area contributed by atoms with Gasteiger partial charge in [0.05, 0.1) is 0 Å². The molecule has 0 aromatic rings. The summed E-state index contributed by atoms with van der Waals surface area (Å²) in [5.41, 5.74) is 5.43. The van der Waals surface area contributed by atoms with Crippen molar-refractivity contribution in [1.29, 1.82) is 0 Å². The summed E-state index contributed by atoms with van der Waals surface area (Å²) in [5.74, 6) is 0.580. The Morgan fingerprint density at radius 1 is 1.90 bits per heavy atom. The molecule has 0 bridgehead atoms. The van der Waals surface area contributed by atoms with Crippen LogP contribution in [0.4, 0.5) is 0 Å². The maximum atomic E-state index is 10.7. The zero-order valence-electron chi connectivity index (χ0n) is 5.70.